The molecular weight excluding hydrogens is 340 g/mol. The van der Waals surface area contributed by atoms with Gasteiger partial charge in [0.2, 0.25) is 0 Å². The van der Waals surface area contributed by atoms with E-state index in [1.165, 1.54) is 80.9 Å². The quantitative estimate of drug-likeness (QED) is 0.494. The van der Waals surface area contributed by atoms with Crippen LogP contribution in [0.3, 0.4) is 0 Å². The van der Waals surface area contributed by atoms with Gasteiger partial charge in [-0.05, 0) is 79.1 Å². The Hall–Kier alpha value is -1.38. The van der Waals surface area contributed by atoms with Gasteiger partial charge in [-0.1, -0.05) is 63.9 Å². The molecule has 3 rings (SSSR count). The number of fused-ring (bicyclic) bond motifs is 3. The van der Waals surface area contributed by atoms with Crippen LogP contribution in [0.2, 0.25) is 0 Å². The highest BCUT2D eigenvalue weighted by Crippen LogP contribution is 2.36. The van der Waals surface area contributed by atoms with Crippen molar-refractivity contribution in [3.63, 3.8) is 0 Å². The Morgan fingerprint density at radius 3 is 2.36 bits per heavy atom. The third-order valence-corrected chi connectivity index (χ3v) is 6.43. The highest BCUT2D eigenvalue weighted by molar-refractivity contribution is 5.90. The first-order chi connectivity index (χ1) is 13.8. The Morgan fingerprint density at radius 2 is 1.68 bits per heavy atom. The van der Waals surface area contributed by atoms with Crippen molar-refractivity contribution in [3.05, 3.63) is 47.0 Å². The molecule has 0 aliphatic heterocycles. The molecular formula is C26H40N2. The van der Waals surface area contributed by atoms with Crippen LogP contribution in [0, 0.1) is 0 Å². The number of hydrogen-bond donors (Lipinski definition) is 1. The van der Waals surface area contributed by atoms with Crippen molar-refractivity contribution >= 4 is 10.8 Å². The van der Waals surface area contributed by atoms with Gasteiger partial charge in [-0.25, -0.2) is 0 Å². The molecule has 0 saturated heterocycles. The normalized spacial score (nSPS) is 16.6. The van der Waals surface area contributed by atoms with Crippen molar-refractivity contribution in [2.45, 2.75) is 78.2 Å². The molecule has 0 amide bonds. The number of rotatable bonds is 11. The van der Waals surface area contributed by atoms with Crippen LogP contribution in [0.15, 0.2) is 30.3 Å². The summed E-state index contributed by atoms with van der Waals surface area (Å²) in [6, 6.07) is 12.1. The van der Waals surface area contributed by atoms with E-state index in [2.05, 4.69) is 61.3 Å². The molecule has 0 aromatic heterocycles. The molecule has 1 aliphatic carbocycles. The van der Waals surface area contributed by atoms with Gasteiger partial charge in [-0.3, -0.25) is 0 Å². The highest BCUT2D eigenvalue weighted by Gasteiger charge is 2.22. The van der Waals surface area contributed by atoms with E-state index in [1.807, 2.05) is 0 Å². The second-order valence-electron chi connectivity index (χ2n) is 8.45. The van der Waals surface area contributed by atoms with Gasteiger partial charge >= 0.3 is 0 Å². The van der Waals surface area contributed by atoms with E-state index in [0.717, 1.165) is 13.0 Å². The summed E-state index contributed by atoms with van der Waals surface area (Å²) in [6.07, 6.45) is 10.1. The predicted molar refractivity (Wildman–Crippen MR) is 123 cm³/mol. The van der Waals surface area contributed by atoms with Crippen molar-refractivity contribution in [1.82, 2.24) is 10.2 Å². The van der Waals surface area contributed by atoms with Crippen LogP contribution in [0.5, 0.6) is 0 Å². The third kappa shape index (κ3) is 5.15. The minimum Gasteiger partial charge on any atom is -0.309 e. The van der Waals surface area contributed by atoms with Crippen LogP contribution in [0.1, 0.15) is 82.0 Å². The van der Waals surface area contributed by atoms with Crippen LogP contribution >= 0.6 is 0 Å². The monoisotopic (exact) mass is 380 g/mol. The van der Waals surface area contributed by atoms with Crippen molar-refractivity contribution in [2.75, 3.05) is 26.2 Å². The van der Waals surface area contributed by atoms with E-state index >= 15 is 0 Å². The zero-order valence-corrected chi connectivity index (χ0v) is 18.4. The van der Waals surface area contributed by atoms with Gasteiger partial charge in [0.15, 0.2) is 0 Å². The Bertz CT molecular complexity index is 729. The standard InChI is InChI=1S/C26H40N2/c1-4-7-17-28(18-8-5-2)19-16-27-26-15-11-14-24-23-13-10-9-12-22(23)21(6-3)20-25(24)26/h9-10,12-13,20,26-27H,4-8,11,14-19H2,1-3H3. The van der Waals surface area contributed by atoms with Crippen LogP contribution < -0.4 is 5.32 Å². The van der Waals surface area contributed by atoms with Crippen LogP contribution in [0.4, 0.5) is 0 Å². The largest absolute Gasteiger partial charge is 0.309 e. The molecule has 1 unspecified atom stereocenters. The minimum absolute atomic E-state index is 0.526. The van der Waals surface area contributed by atoms with Crippen LogP contribution in [-0.4, -0.2) is 31.1 Å². The Kier molecular flexibility index (Phi) is 8.36. The van der Waals surface area contributed by atoms with E-state index in [-0.39, 0.29) is 0 Å². The van der Waals surface area contributed by atoms with Crippen molar-refractivity contribution in [2.24, 2.45) is 0 Å². The maximum atomic E-state index is 3.94. The molecule has 1 N–H and O–H groups in total. The first-order valence-electron chi connectivity index (χ1n) is 11.8. The molecule has 0 saturated carbocycles. The molecule has 2 aromatic rings. The summed E-state index contributed by atoms with van der Waals surface area (Å²) < 4.78 is 0. The fourth-order valence-electron chi connectivity index (χ4n) is 4.76. The first-order valence-corrected chi connectivity index (χ1v) is 11.8. The van der Waals surface area contributed by atoms with E-state index < -0.39 is 0 Å². The number of benzene rings is 2. The molecule has 2 heteroatoms. The molecule has 2 nitrogen and oxygen atoms in total. The fraction of sp³-hybridized carbons (Fsp3) is 0.615. The summed E-state index contributed by atoms with van der Waals surface area (Å²) >= 11 is 0. The van der Waals surface area contributed by atoms with Crippen molar-refractivity contribution in [1.29, 1.82) is 0 Å². The zero-order chi connectivity index (χ0) is 19.8. The van der Waals surface area contributed by atoms with Gasteiger partial charge in [-0.2, -0.15) is 0 Å². The SMILES string of the molecule is CCCCN(CCCC)CCNC1CCCc2c1cc(CC)c1ccccc21. The minimum atomic E-state index is 0.526. The Morgan fingerprint density at radius 1 is 0.964 bits per heavy atom. The van der Waals surface area contributed by atoms with Gasteiger partial charge < -0.3 is 10.2 Å². The van der Waals surface area contributed by atoms with E-state index in [0.29, 0.717) is 6.04 Å². The van der Waals surface area contributed by atoms with Gasteiger partial charge in [-0.15, -0.1) is 0 Å². The van der Waals surface area contributed by atoms with Gasteiger partial charge in [0, 0.05) is 19.1 Å². The first kappa shape index (κ1) is 21.3. The molecule has 0 radical (unpaired) electrons. The topological polar surface area (TPSA) is 15.3 Å². The molecule has 28 heavy (non-hydrogen) atoms. The third-order valence-electron chi connectivity index (χ3n) is 6.43. The number of nitrogens with one attached hydrogen (secondary N) is 1. The second kappa shape index (κ2) is 11.0. The Balaban J connectivity index is 1.70. The van der Waals surface area contributed by atoms with Crippen molar-refractivity contribution < 1.29 is 0 Å². The number of nitrogens with zero attached hydrogens (tertiary/aromatic N) is 1. The number of aryl methyl sites for hydroxylation is 2. The molecule has 0 bridgehead atoms. The maximum absolute atomic E-state index is 3.94. The fourth-order valence-corrected chi connectivity index (χ4v) is 4.76. The van der Waals surface area contributed by atoms with E-state index in [9.17, 15) is 0 Å². The van der Waals surface area contributed by atoms with Crippen LogP contribution in [0.25, 0.3) is 10.8 Å². The second-order valence-corrected chi connectivity index (χ2v) is 8.45. The van der Waals surface area contributed by atoms with E-state index in [1.54, 1.807) is 11.1 Å². The molecule has 0 fully saturated rings. The zero-order valence-electron chi connectivity index (χ0n) is 18.4. The summed E-state index contributed by atoms with van der Waals surface area (Å²) in [5.74, 6) is 0. The summed E-state index contributed by atoms with van der Waals surface area (Å²) in [5.41, 5.74) is 4.69. The summed E-state index contributed by atoms with van der Waals surface area (Å²) in [5, 5.41) is 6.90. The van der Waals surface area contributed by atoms with Gasteiger partial charge in [0.25, 0.3) is 0 Å². The average Bonchev–Trinajstić information content (AvgIpc) is 2.74. The molecule has 154 valence electrons. The smallest absolute Gasteiger partial charge is 0.0323 e. The lowest BCUT2D eigenvalue weighted by atomic mass is 9.82. The van der Waals surface area contributed by atoms with Crippen LogP contribution in [-0.2, 0) is 12.8 Å². The predicted octanol–water partition coefficient (Wildman–Crippen LogP) is 6.27. The van der Waals surface area contributed by atoms with Gasteiger partial charge in [0.05, 0.1) is 0 Å². The van der Waals surface area contributed by atoms with Gasteiger partial charge in [0.1, 0.15) is 0 Å². The lowest BCUT2D eigenvalue weighted by Gasteiger charge is -2.30. The number of unbranched alkanes of at least 4 members (excludes halogenated alkanes) is 2. The lowest BCUT2D eigenvalue weighted by molar-refractivity contribution is 0.259. The summed E-state index contributed by atoms with van der Waals surface area (Å²) in [6.45, 7) is 11.7. The summed E-state index contributed by atoms with van der Waals surface area (Å²) in [4.78, 5) is 2.67. The number of hydrogen-bond acceptors (Lipinski definition) is 2. The molecule has 0 spiro atoms. The molecule has 2 aromatic carbocycles. The Labute approximate surface area is 172 Å². The molecule has 1 aliphatic rings. The van der Waals surface area contributed by atoms with E-state index in [4.69, 9.17) is 0 Å². The molecule has 1 atom stereocenters. The molecule has 0 heterocycles. The van der Waals surface area contributed by atoms with Crippen molar-refractivity contribution in [3.8, 4) is 0 Å². The average molecular weight is 381 g/mol. The maximum Gasteiger partial charge on any atom is 0.0323 e. The highest BCUT2D eigenvalue weighted by atomic mass is 15.1. The summed E-state index contributed by atoms with van der Waals surface area (Å²) in [7, 11) is 0. The lowest BCUT2D eigenvalue weighted by Crippen LogP contribution is -2.36.